The van der Waals surface area contributed by atoms with Crippen LogP contribution in [-0.2, 0) is 0 Å². The normalized spacial score (nSPS) is 11.4. The van der Waals surface area contributed by atoms with E-state index in [-0.39, 0.29) is 0 Å². The molecule has 0 bridgehead atoms. The number of furan rings is 1. The molecule has 1 aromatic heterocycles. The summed E-state index contributed by atoms with van der Waals surface area (Å²) in [7, 11) is 0. The Kier molecular flexibility index (Phi) is 7.03. The highest BCUT2D eigenvalue weighted by molar-refractivity contribution is 6.28. The second kappa shape index (κ2) is 11.5. The number of aryl methyl sites for hydroxylation is 4. The molecule has 0 spiro atoms. The number of hydrogen-bond acceptors (Lipinski definition) is 3. The average Bonchev–Trinajstić information content (AvgIpc) is 3.47. The molecule has 0 aliphatic rings. The summed E-state index contributed by atoms with van der Waals surface area (Å²) in [6, 6.07) is 52.1. The van der Waals surface area contributed by atoms with Crippen LogP contribution in [0.15, 0.2) is 150 Å². The molecule has 1 heterocycles. The topological polar surface area (TPSA) is 19.6 Å². The number of hydrogen-bond donors (Lipinski definition) is 0. The van der Waals surface area contributed by atoms with Crippen LogP contribution in [-0.4, -0.2) is 0 Å². The van der Waals surface area contributed by atoms with Gasteiger partial charge in [-0.3, -0.25) is 0 Å². The molecule has 8 rings (SSSR count). The van der Waals surface area contributed by atoms with Gasteiger partial charge in [0.1, 0.15) is 5.58 Å². The molecule has 0 aliphatic carbocycles. The van der Waals surface area contributed by atoms with E-state index in [2.05, 4.69) is 183 Å². The molecule has 8 aromatic rings. The van der Waals surface area contributed by atoms with Gasteiger partial charge in [0.15, 0.2) is 5.58 Å². The zero-order chi connectivity index (χ0) is 32.1. The molecule has 0 fully saturated rings. The first-order valence-electron chi connectivity index (χ1n) is 16.2. The van der Waals surface area contributed by atoms with Crippen molar-refractivity contribution >= 4 is 66.8 Å². The van der Waals surface area contributed by atoms with Gasteiger partial charge in [0, 0.05) is 38.9 Å². The van der Waals surface area contributed by atoms with Crippen LogP contribution in [0, 0.1) is 27.7 Å². The summed E-state index contributed by atoms with van der Waals surface area (Å²) in [6.45, 7) is 8.66. The van der Waals surface area contributed by atoms with Crippen LogP contribution >= 0.6 is 0 Å². The van der Waals surface area contributed by atoms with Gasteiger partial charge in [0.05, 0.1) is 16.8 Å². The Morgan fingerprint density at radius 2 is 0.979 bits per heavy atom. The number of para-hydroxylation sites is 3. The maximum atomic E-state index is 7.03. The van der Waals surface area contributed by atoms with Crippen molar-refractivity contribution in [3.63, 3.8) is 0 Å². The number of fused-ring (bicyclic) bond motifs is 4. The van der Waals surface area contributed by atoms with E-state index in [9.17, 15) is 0 Å². The molecule has 0 aliphatic heterocycles. The number of anilines is 6. The van der Waals surface area contributed by atoms with Crippen molar-refractivity contribution in [1.82, 2.24) is 0 Å². The predicted octanol–water partition coefficient (Wildman–Crippen LogP) is 12.9. The third-order valence-electron chi connectivity index (χ3n) is 9.20. The lowest BCUT2D eigenvalue weighted by Gasteiger charge is -2.32. The lowest BCUT2D eigenvalue weighted by atomic mass is 9.97. The van der Waals surface area contributed by atoms with Crippen LogP contribution < -0.4 is 9.80 Å². The van der Waals surface area contributed by atoms with E-state index in [1.165, 1.54) is 22.3 Å². The first-order valence-corrected chi connectivity index (χ1v) is 16.2. The molecule has 7 aromatic carbocycles. The van der Waals surface area contributed by atoms with E-state index < -0.39 is 0 Å². The van der Waals surface area contributed by atoms with E-state index in [1.807, 2.05) is 0 Å². The molecule has 0 unspecified atom stereocenters. The van der Waals surface area contributed by atoms with Crippen molar-refractivity contribution < 1.29 is 4.42 Å². The first-order chi connectivity index (χ1) is 23.0. The fourth-order valence-electron chi connectivity index (χ4n) is 6.92. The lowest BCUT2D eigenvalue weighted by Crippen LogP contribution is -2.15. The molecule has 0 saturated heterocycles. The molecule has 3 heteroatoms. The van der Waals surface area contributed by atoms with Gasteiger partial charge in [-0.05, 0) is 86.8 Å². The van der Waals surface area contributed by atoms with Crippen molar-refractivity contribution in [3.8, 4) is 0 Å². The van der Waals surface area contributed by atoms with Crippen LogP contribution in [0.5, 0.6) is 0 Å². The second-order valence-corrected chi connectivity index (χ2v) is 12.5. The quantitative estimate of drug-likeness (QED) is 0.175. The first kappa shape index (κ1) is 28.7. The maximum absolute atomic E-state index is 7.03. The van der Waals surface area contributed by atoms with Crippen molar-refractivity contribution in [2.75, 3.05) is 9.80 Å². The van der Waals surface area contributed by atoms with Gasteiger partial charge in [-0.15, -0.1) is 0 Å². The average molecular weight is 609 g/mol. The molecule has 0 atom stereocenters. The van der Waals surface area contributed by atoms with Crippen molar-refractivity contribution in [3.05, 3.63) is 168 Å². The van der Waals surface area contributed by atoms with Crippen molar-refractivity contribution in [2.45, 2.75) is 27.7 Å². The minimum atomic E-state index is 0.856. The lowest BCUT2D eigenvalue weighted by molar-refractivity contribution is 0.669. The summed E-state index contributed by atoms with van der Waals surface area (Å²) < 4.78 is 7.03. The number of benzene rings is 7. The van der Waals surface area contributed by atoms with E-state index in [1.54, 1.807) is 0 Å². The van der Waals surface area contributed by atoms with Crippen LogP contribution in [0.3, 0.4) is 0 Å². The summed E-state index contributed by atoms with van der Waals surface area (Å²) in [5.74, 6) is 0. The third kappa shape index (κ3) is 4.83. The summed E-state index contributed by atoms with van der Waals surface area (Å²) >= 11 is 0. The Balaban J connectivity index is 1.59. The molecule has 47 heavy (non-hydrogen) atoms. The van der Waals surface area contributed by atoms with E-state index in [0.29, 0.717) is 0 Å². The van der Waals surface area contributed by atoms with Crippen LogP contribution in [0.2, 0.25) is 0 Å². The van der Waals surface area contributed by atoms with Gasteiger partial charge in [-0.1, -0.05) is 109 Å². The van der Waals surface area contributed by atoms with E-state index in [4.69, 9.17) is 4.42 Å². The number of rotatable bonds is 6. The minimum Gasteiger partial charge on any atom is -0.454 e. The molecule has 0 amide bonds. The van der Waals surface area contributed by atoms with Crippen LogP contribution in [0.25, 0.3) is 32.7 Å². The maximum Gasteiger partial charge on any atom is 0.162 e. The summed E-state index contributed by atoms with van der Waals surface area (Å²) in [4.78, 5) is 4.82. The summed E-state index contributed by atoms with van der Waals surface area (Å²) in [6.07, 6.45) is 0. The predicted molar refractivity (Wildman–Crippen MR) is 200 cm³/mol. The van der Waals surface area contributed by atoms with Gasteiger partial charge in [0.25, 0.3) is 0 Å². The third-order valence-corrected chi connectivity index (χ3v) is 9.20. The Morgan fingerprint density at radius 1 is 0.426 bits per heavy atom. The zero-order valence-electron chi connectivity index (χ0n) is 27.2. The van der Waals surface area contributed by atoms with Gasteiger partial charge in [-0.2, -0.15) is 0 Å². The molecule has 228 valence electrons. The largest absolute Gasteiger partial charge is 0.454 e. The fraction of sp³-hybridized carbons (Fsp3) is 0.0909. The SMILES string of the molecule is Cc1ccc(N(c2ccccc2C)c2c3ccccc3c(N(c3cccc(C)c3)c3ccccc3C)c3c2oc2ccccc23)cc1. The highest BCUT2D eigenvalue weighted by atomic mass is 16.3. The fourth-order valence-corrected chi connectivity index (χ4v) is 6.92. The highest BCUT2D eigenvalue weighted by Gasteiger charge is 2.29. The molecule has 0 saturated carbocycles. The van der Waals surface area contributed by atoms with Crippen LogP contribution in [0.1, 0.15) is 22.3 Å². The molecule has 3 nitrogen and oxygen atoms in total. The molecular formula is C44H36N2O. The Hall–Kier alpha value is -5.80. The van der Waals surface area contributed by atoms with Crippen molar-refractivity contribution in [1.29, 1.82) is 0 Å². The Morgan fingerprint density at radius 3 is 1.62 bits per heavy atom. The zero-order valence-corrected chi connectivity index (χ0v) is 27.2. The smallest absolute Gasteiger partial charge is 0.162 e. The van der Waals surface area contributed by atoms with Gasteiger partial charge in [-0.25, -0.2) is 0 Å². The second-order valence-electron chi connectivity index (χ2n) is 12.5. The van der Waals surface area contributed by atoms with Crippen LogP contribution in [0.4, 0.5) is 34.1 Å². The van der Waals surface area contributed by atoms with Gasteiger partial charge >= 0.3 is 0 Å². The standard InChI is InChI=1S/C44H36N2O/c1-29-24-26-33(27-25-29)45(38-21-10-5-15-31(38)3)43-36-19-8-7-18-35(36)42(41-37-20-9-12-23-40(37)47-44(41)43)46(34-17-13-14-30(2)28-34)39-22-11-6-16-32(39)4/h5-28H,1-4H3. The molecule has 0 radical (unpaired) electrons. The summed E-state index contributed by atoms with van der Waals surface area (Å²) in [5, 5.41) is 4.44. The molecule has 0 N–H and O–H groups in total. The monoisotopic (exact) mass is 608 g/mol. The highest BCUT2D eigenvalue weighted by Crippen LogP contribution is 2.54. The molecular weight excluding hydrogens is 572 g/mol. The van der Waals surface area contributed by atoms with Crippen molar-refractivity contribution in [2.24, 2.45) is 0 Å². The minimum absolute atomic E-state index is 0.856. The van der Waals surface area contributed by atoms with E-state index >= 15 is 0 Å². The van der Waals surface area contributed by atoms with Gasteiger partial charge < -0.3 is 14.2 Å². The Labute approximate surface area is 275 Å². The summed E-state index contributed by atoms with van der Waals surface area (Å²) in [5.41, 5.74) is 13.1. The van der Waals surface area contributed by atoms with Gasteiger partial charge in [0.2, 0.25) is 0 Å². The number of nitrogens with zero attached hydrogens (tertiary/aromatic N) is 2. The van der Waals surface area contributed by atoms with E-state index in [0.717, 1.165) is 66.8 Å². The Bertz CT molecular complexity index is 2420.